The third-order valence-electron chi connectivity index (χ3n) is 2.05. The van der Waals surface area contributed by atoms with Gasteiger partial charge in [-0.05, 0) is 33.2 Å². The molecule has 98 valence electrons. The summed E-state index contributed by atoms with van der Waals surface area (Å²) in [6.07, 6.45) is 0. The number of rotatable bonds is 6. The van der Waals surface area contributed by atoms with Crippen LogP contribution in [0.2, 0.25) is 0 Å². The first kappa shape index (κ1) is 15.8. The van der Waals surface area contributed by atoms with Crippen LogP contribution in [0, 0.1) is 5.92 Å². The Bertz CT molecular complexity index is 296. The van der Waals surface area contributed by atoms with E-state index in [1.165, 1.54) is 4.31 Å². The van der Waals surface area contributed by atoms with E-state index in [0.29, 0.717) is 19.6 Å². The van der Waals surface area contributed by atoms with Crippen molar-refractivity contribution in [2.45, 2.75) is 40.2 Å². The van der Waals surface area contributed by atoms with E-state index < -0.39 is 15.7 Å². The van der Waals surface area contributed by atoms with Crippen molar-refractivity contribution in [1.29, 1.82) is 0 Å². The molecule has 5 nitrogen and oxygen atoms in total. The molecule has 0 aliphatic rings. The van der Waals surface area contributed by atoms with Gasteiger partial charge in [-0.2, -0.15) is 17.4 Å². The van der Waals surface area contributed by atoms with E-state index in [4.69, 9.17) is 5.73 Å². The average molecular weight is 251 g/mol. The minimum Gasteiger partial charge on any atom is -0.330 e. The quantitative estimate of drug-likeness (QED) is 0.723. The predicted molar refractivity (Wildman–Crippen MR) is 67.3 cm³/mol. The Morgan fingerprint density at radius 2 is 1.88 bits per heavy atom. The first-order chi connectivity index (χ1) is 7.12. The summed E-state index contributed by atoms with van der Waals surface area (Å²) in [6.45, 7) is 10.6. The van der Waals surface area contributed by atoms with E-state index in [-0.39, 0.29) is 5.92 Å². The van der Waals surface area contributed by atoms with Gasteiger partial charge in [-0.3, -0.25) is 0 Å². The summed E-state index contributed by atoms with van der Waals surface area (Å²) in [5.41, 5.74) is 5.04. The first-order valence-electron chi connectivity index (χ1n) is 5.61. The third-order valence-corrected chi connectivity index (χ3v) is 4.00. The highest BCUT2D eigenvalue weighted by atomic mass is 32.2. The molecule has 0 heterocycles. The van der Waals surface area contributed by atoms with Crippen LogP contribution in [0.25, 0.3) is 0 Å². The molecule has 3 N–H and O–H groups in total. The zero-order valence-electron chi connectivity index (χ0n) is 10.9. The summed E-state index contributed by atoms with van der Waals surface area (Å²) < 4.78 is 28.1. The summed E-state index contributed by atoms with van der Waals surface area (Å²) in [7, 11) is -3.41. The van der Waals surface area contributed by atoms with Crippen molar-refractivity contribution in [2.75, 3.05) is 19.6 Å². The number of hydrogen-bond donors (Lipinski definition) is 2. The zero-order valence-corrected chi connectivity index (χ0v) is 11.8. The van der Waals surface area contributed by atoms with Crippen molar-refractivity contribution >= 4 is 10.2 Å². The Morgan fingerprint density at radius 1 is 1.38 bits per heavy atom. The standard InChI is InChI=1S/C10H25N3O2S/c1-6-13(8-9(2)7-11)16(14,15)12-10(3,4)5/h9,12H,6-8,11H2,1-5H3. The lowest BCUT2D eigenvalue weighted by Crippen LogP contribution is -2.50. The maximum atomic E-state index is 12.0. The second-order valence-electron chi connectivity index (χ2n) is 5.15. The van der Waals surface area contributed by atoms with E-state index in [1.807, 2.05) is 34.6 Å². The molecule has 0 saturated heterocycles. The molecule has 0 aromatic heterocycles. The average Bonchev–Trinajstić information content (AvgIpc) is 2.09. The van der Waals surface area contributed by atoms with Crippen molar-refractivity contribution in [3.63, 3.8) is 0 Å². The summed E-state index contributed by atoms with van der Waals surface area (Å²) in [5, 5.41) is 0. The molecule has 0 spiro atoms. The monoisotopic (exact) mass is 251 g/mol. The van der Waals surface area contributed by atoms with E-state index in [0.717, 1.165) is 0 Å². The summed E-state index contributed by atoms with van der Waals surface area (Å²) >= 11 is 0. The van der Waals surface area contributed by atoms with Crippen molar-refractivity contribution in [2.24, 2.45) is 11.7 Å². The maximum absolute atomic E-state index is 12.0. The molecule has 0 aromatic carbocycles. The zero-order chi connectivity index (χ0) is 13.0. The number of nitrogens with two attached hydrogens (primary N) is 1. The van der Waals surface area contributed by atoms with Gasteiger partial charge in [0.15, 0.2) is 0 Å². The SMILES string of the molecule is CCN(CC(C)CN)S(=O)(=O)NC(C)(C)C. The summed E-state index contributed by atoms with van der Waals surface area (Å²) in [5.74, 6) is 0.163. The molecule has 0 amide bonds. The largest absolute Gasteiger partial charge is 0.330 e. The molecular weight excluding hydrogens is 226 g/mol. The fourth-order valence-corrected chi connectivity index (χ4v) is 2.96. The number of nitrogens with one attached hydrogen (secondary N) is 1. The molecule has 0 fully saturated rings. The van der Waals surface area contributed by atoms with Crippen LogP contribution in [0.5, 0.6) is 0 Å². The summed E-state index contributed by atoms with van der Waals surface area (Å²) in [4.78, 5) is 0. The van der Waals surface area contributed by atoms with Crippen molar-refractivity contribution < 1.29 is 8.42 Å². The molecule has 0 aromatic rings. The normalized spacial score (nSPS) is 15.4. The van der Waals surface area contributed by atoms with Crippen LogP contribution < -0.4 is 10.5 Å². The number of nitrogens with zero attached hydrogens (tertiary/aromatic N) is 1. The molecule has 0 rings (SSSR count). The van der Waals surface area contributed by atoms with Crippen LogP contribution in [0.1, 0.15) is 34.6 Å². The van der Waals surface area contributed by atoms with Crippen LogP contribution in [0.3, 0.4) is 0 Å². The molecule has 0 aliphatic heterocycles. The van der Waals surface area contributed by atoms with Crippen LogP contribution >= 0.6 is 0 Å². The van der Waals surface area contributed by atoms with Gasteiger partial charge in [-0.25, -0.2) is 0 Å². The molecule has 0 aliphatic carbocycles. The number of hydrogen-bond acceptors (Lipinski definition) is 3. The fourth-order valence-electron chi connectivity index (χ4n) is 1.27. The molecule has 0 bridgehead atoms. The Labute approximate surface area is 99.6 Å². The second-order valence-corrected chi connectivity index (χ2v) is 6.82. The van der Waals surface area contributed by atoms with Gasteiger partial charge in [0.05, 0.1) is 0 Å². The molecule has 0 radical (unpaired) electrons. The third kappa shape index (κ3) is 5.79. The van der Waals surface area contributed by atoms with E-state index in [1.54, 1.807) is 0 Å². The molecule has 1 unspecified atom stereocenters. The predicted octanol–water partition coefficient (Wildman–Crippen LogP) is 0.536. The van der Waals surface area contributed by atoms with Gasteiger partial charge in [-0.1, -0.05) is 13.8 Å². The van der Waals surface area contributed by atoms with E-state index in [9.17, 15) is 8.42 Å². The van der Waals surface area contributed by atoms with Crippen LogP contribution in [0.4, 0.5) is 0 Å². The molecule has 0 saturated carbocycles. The van der Waals surface area contributed by atoms with Crippen molar-refractivity contribution in [3.8, 4) is 0 Å². The highest BCUT2D eigenvalue weighted by molar-refractivity contribution is 7.87. The van der Waals surface area contributed by atoms with Crippen LogP contribution in [-0.2, 0) is 10.2 Å². The molecule has 16 heavy (non-hydrogen) atoms. The van der Waals surface area contributed by atoms with Gasteiger partial charge in [0, 0.05) is 18.6 Å². The van der Waals surface area contributed by atoms with Crippen molar-refractivity contribution in [1.82, 2.24) is 9.03 Å². The molecule has 1 atom stereocenters. The van der Waals surface area contributed by atoms with Gasteiger partial charge in [-0.15, -0.1) is 0 Å². The smallest absolute Gasteiger partial charge is 0.279 e. The van der Waals surface area contributed by atoms with Gasteiger partial charge < -0.3 is 5.73 Å². The topological polar surface area (TPSA) is 75.4 Å². The first-order valence-corrected chi connectivity index (χ1v) is 7.05. The van der Waals surface area contributed by atoms with E-state index in [2.05, 4.69) is 4.72 Å². The Balaban J connectivity index is 4.69. The Hall–Kier alpha value is -0.170. The van der Waals surface area contributed by atoms with Gasteiger partial charge >= 0.3 is 0 Å². The van der Waals surface area contributed by atoms with Crippen LogP contribution in [-0.4, -0.2) is 37.9 Å². The molecule has 6 heteroatoms. The van der Waals surface area contributed by atoms with E-state index >= 15 is 0 Å². The highest BCUT2D eigenvalue weighted by Gasteiger charge is 2.26. The highest BCUT2D eigenvalue weighted by Crippen LogP contribution is 2.08. The van der Waals surface area contributed by atoms with Gasteiger partial charge in [0.1, 0.15) is 0 Å². The van der Waals surface area contributed by atoms with Gasteiger partial charge in [0.2, 0.25) is 0 Å². The maximum Gasteiger partial charge on any atom is 0.279 e. The molecular formula is C10H25N3O2S. The Kier molecular flexibility index (Phi) is 5.89. The minimum atomic E-state index is -3.41. The van der Waals surface area contributed by atoms with Crippen LogP contribution in [0.15, 0.2) is 0 Å². The van der Waals surface area contributed by atoms with Crippen molar-refractivity contribution in [3.05, 3.63) is 0 Å². The second kappa shape index (κ2) is 5.95. The van der Waals surface area contributed by atoms with Gasteiger partial charge in [0.25, 0.3) is 10.2 Å². The lowest BCUT2D eigenvalue weighted by Gasteiger charge is -2.28. The fraction of sp³-hybridized carbons (Fsp3) is 1.00. The Morgan fingerprint density at radius 3 is 2.19 bits per heavy atom. The lowest BCUT2D eigenvalue weighted by atomic mass is 10.1. The summed E-state index contributed by atoms with van der Waals surface area (Å²) in [6, 6.07) is 0. The lowest BCUT2D eigenvalue weighted by molar-refractivity contribution is 0.354. The minimum absolute atomic E-state index is 0.163.